The second-order valence-electron chi connectivity index (χ2n) is 4.26. The number of allylic oxidation sites excluding steroid dienone is 1. The fraction of sp³-hybridized carbons (Fsp3) is 0.0667. The quantitative estimate of drug-likeness (QED) is 0.666. The molecule has 0 spiro atoms. The van der Waals surface area contributed by atoms with Gasteiger partial charge in [-0.3, -0.25) is 4.57 Å². The van der Waals surface area contributed by atoms with E-state index in [2.05, 4.69) is 4.98 Å². The lowest BCUT2D eigenvalue weighted by atomic mass is 10.2. The maximum Gasteiger partial charge on any atom is 0.320 e. The lowest BCUT2D eigenvalue weighted by molar-refractivity contribution is 0.0738. The van der Waals surface area contributed by atoms with Crippen LogP contribution in [0.2, 0.25) is 0 Å². The van der Waals surface area contributed by atoms with Crippen molar-refractivity contribution in [3.63, 3.8) is 0 Å². The van der Waals surface area contributed by atoms with Crippen LogP contribution in [-0.4, -0.2) is 9.55 Å². The van der Waals surface area contributed by atoms with Gasteiger partial charge in [-0.15, -0.1) is 11.3 Å². The first-order valence-electron chi connectivity index (χ1n) is 6.11. The third kappa shape index (κ3) is 2.43. The molecule has 0 unspecified atom stereocenters. The zero-order valence-corrected chi connectivity index (χ0v) is 11.5. The summed E-state index contributed by atoms with van der Waals surface area (Å²) in [5, 5.41) is 11.2. The Balaban J connectivity index is 2.24. The molecule has 0 saturated carbocycles. The van der Waals surface area contributed by atoms with Gasteiger partial charge in [0.25, 0.3) is 0 Å². The van der Waals surface area contributed by atoms with Gasteiger partial charge >= 0.3 is 6.55 Å². The van der Waals surface area contributed by atoms with Crippen molar-refractivity contribution in [3.05, 3.63) is 52.5 Å². The fourth-order valence-electron chi connectivity index (χ4n) is 2.09. The van der Waals surface area contributed by atoms with Crippen molar-refractivity contribution >= 4 is 34.0 Å². The SMILES string of the molecule is N#C/C(=C\c1cccs1)c1nc2ccccc2n1C(F)F. The Morgan fingerprint density at radius 1 is 1.29 bits per heavy atom. The predicted octanol–water partition coefficient (Wildman–Crippen LogP) is 4.56. The third-order valence-corrected chi connectivity index (χ3v) is 3.80. The fourth-order valence-corrected chi connectivity index (χ4v) is 2.75. The molecule has 0 amide bonds. The Morgan fingerprint density at radius 3 is 2.76 bits per heavy atom. The number of imidazole rings is 1. The number of thiophene rings is 1. The van der Waals surface area contributed by atoms with Crippen LogP contribution in [-0.2, 0) is 0 Å². The number of rotatable bonds is 3. The van der Waals surface area contributed by atoms with E-state index in [0.29, 0.717) is 11.0 Å². The number of aromatic nitrogens is 2. The van der Waals surface area contributed by atoms with E-state index in [4.69, 9.17) is 0 Å². The molecule has 2 heterocycles. The summed E-state index contributed by atoms with van der Waals surface area (Å²) >= 11 is 1.43. The van der Waals surface area contributed by atoms with E-state index in [1.165, 1.54) is 11.3 Å². The van der Waals surface area contributed by atoms with E-state index >= 15 is 0 Å². The number of halogens is 2. The van der Waals surface area contributed by atoms with Gasteiger partial charge < -0.3 is 0 Å². The van der Waals surface area contributed by atoms with Crippen molar-refractivity contribution in [2.24, 2.45) is 0 Å². The Bertz CT molecular complexity index is 842. The summed E-state index contributed by atoms with van der Waals surface area (Å²) in [5.74, 6) is -0.0119. The number of fused-ring (bicyclic) bond motifs is 1. The van der Waals surface area contributed by atoms with Gasteiger partial charge in [-0.2, -0.15) is 14.0 Å². The van der Waals surface area contributed by atoms with Gasteiger partial charge in [0.15, 0.2) is 5.82 Å². The highest BCUT2D eigenvalue weighted by Gasteiger charge is 2.20. The maximum atomic E-state index is 13.4. The number of benzene rings is 1. The van der Waals surface area contributed by atoms with Gasteiger partial charge in [-0.05, 0) is 29.7 Å². The van der Waals surface area contributed by atoms with Gasteiger partial charge in [-0.25, -0.2) is 4.98 Å². The van der Waals surface area contributed by atoms with Gasteiger partial charge in [0.1, 0.15) is 6.07 Å². The Morgan fingerprint density at radius 2 is 2.10 bits per heavy atom. The highest BCUT2D eigenvalue weighted by molar-refractivity contribution is 7.10. The minimum absolute atomic E-state index is 0.0119. The van der Waals surface area contributed by atoms with Gasteiger partial charge in [-0.1, -0.05) is 18.2 Å². The normalized spacial score (nSPS) is 12.0. The summed E-state index contributed by atoms with van der Waals surface area (Å²) in [6.45, 7) is -2.76. The largest absolute Gasteiger partial charge is 0.320 e. The minimum atomic E-state index is -2.76. The molecule has 0 N–H and O–H groups in total. The molecule has 0 saturated heterocycles. The van der Waals surface area contributed by atoms with Crippen molar-refractivity contribution in [2.45, 2.75) is 6.55 Å². The van der Waals surface area contributed by atoms with E-state index in [9.17, 15) is 14.0 Å². The molecule has 3 rings (SSSR count). The molecule has 0 radical (unpaired) electrons. The molecule has 21 heavy (non-hydrogen) atoms. The summed E-state index contributed by atoms with van der Waals surface area (Å²) in [7, 11) is 0. The third-order valence-electron chi connectivity index (χ3n) is 2.98. The van der Waals surface area contributed by atoms with Crippen LogP contribution in [0.15, 0.2) is 41.8 Å². The Kier molecular flexibility index (Phi) is 3.50. The van der Waals surface area contributed by atoms with Gasteiger partial charge in [0.2, 0.25) is 0 Å². The van der Waals surface area contributed by atoms with Crippen LogP contribution in [0.1, 0.15) is 17.3 Å². The van der Waals surface area contributed by atoms with Crippen LogP contribution < -0.4 is 0 Å². The Labute approximate surface area is 123 Å². The number of para-hydroxylation sites is 2. The van der Waals surface area contributed by atoms with Crippen molar-refractivity contribution < 1.29 is 8.78 Å². The summed E-state index contributed by atoms with van der Waals surface area (Å²) in [6.07, 6.45) is 1.57. The highest BCUT2D eigenvalue weighted by atomic mass is 32.1. The molecule has 2 aromatic heterocycles. The van der Waals surface area contributed by atoms with Crippen LogP contribution in [0.3, 0.4) is 0 Å². The molecular formula is C15H9F2N3S. The molecule has 0 bridgehead atoms. The maximum absolute atomic E-state index is 13.4. The molecule has 0 fully saturated rings. The predicted molar refractivity (Wildman–Crippen MR) is 78.8 cm³/mol. The second-order valence-corrected chi connectivity index (χ2v) is 5.24. The minimum Gasteiger partial charge on any atom is -0.266 e. The summed E-state index contributed by atoms with van der Waals surface area (Å²) in [6, 6.07) is 12.2. The van der Waals surface area contributed by atoms with Gasteiger partial charge in [0, 0.05) is 4.88 Å². The van der Waals surface area contributed by atoms with Crippen molar-refractivity contribution in [1.82, 2.24) is 9.55 Å². The van der Waals surface area contributed by atoms with E-state index in [-0.39, 0.29) is 11.4 Å². The average Bonchev–Trinajstić information content (AvgIpc) is 3.11. The van der Waals surface area contributed by atoms with E-state index < -0.39 is 6.55 Å². The first-order valence-corrected chi connectivity index (χ1v) is 6.99. The summed E-state index contributed by atoms with van der Waals surface area (Å²) < 4.78 is 27.5. The Hall–Kier alpha value is -2.52. The van der Waals surface area contributed by atoms with Crippen molar-refractivity contribution in [2.75, 3.05) is 0 Å². The van der Waals surface area contributed by atoms with Crippen molar-refractivity contribution in [3.8, 4) is 6.07 Å². The zero-order chi connectivity index (χ0) is 14.8. The summed E-state index contributed by atoms with van der Waals surface area (Å²) in [4.78, 5) is 5.00. The lowest BCUT2D eigenvalue weighted by Crippen LogP contribution is -2.03. The average molecular weight is 301 g/mol. The van der Waals surface area contributed by atoms with Crippen LogP contribution in [0.5, 0.6) is 0 Å². The number of hydrogen-bond acceptors (Lipinski definition) is 3. The van der Waals surface area contributed by atoms with Crippen LogP contribution in [0.25, 0.3) is 22.7 Å². The zero-order valence-electron chi connectivity index (χ0n) is 10.7. The number of nitrogens with zero attached hydrogens (tertiary/aromatic N) is 3. The van der Waals surface area contributed by atoms with Gasteiger partial charge in [0.05, 0.1) is 16.6 Å². The molecule has 1 aromatic carbocycles. The van der Waals surface area contributed by atoms with E-state index in [1.54, 1.807) is 30.3 Å². The molecule has 0 atom stereocenters. The number of hydrogen-bond donors (Lipinski definition) is 0. The molecule has 3 aromatic rings. The standard InChI is InChI=1S/C15H9F2N3S/c16-15(17)20-13-6-2-1-5-12(13)19-14(20)10(9-18)8-11-4-3-7-21-11/h1-8,15H/b10-8+. The van der Waals surface area contributed by atoms with E-state index in [0.717, 1.165) is 9.44 Å². The van der Waals surface area contributed by atoms with Crippen molar-refractivity contribution in [1.29, 1.82) is 5.26 Å². The van der Waals surface area contributed by atoms with E-state index in [1.807, 2.05) is 23.6 Å². The molecule has 0 aliphatic heterocycles. The van der Waals surface area contributed by atoms with Crippen LogP contribution in [0.4, 0.5) is 8.78 Å². The number of nitriles is 1. The topological polar surface area (TPSA) is 41.6 Å². The molecule has 6 heteroatoms. The first-order chi connectivity index (χ1) is 10.2. The second kappa shape index (κ2) is 5.46. The highest BCUT2D eigenvalue weighted by Crippen LogP contribution is 2.28. The molecular weight excluding hydrogens is 292 g/mol. The molecule has 104 valence electrons. The lowest BCUT2D eigenvalue weighted by Gasteiger charge is -2.06. The smallest absolute Gasteiger partial charge is 0.266 e. The molecule has 0 aliphatic carbocycles. The molecule has 0 aliphatic rings. The monoisotopic (exact) mass is 301 g/mol. The number of alkyl halides is 2. The first kappa shape index (κ1) is 13.5. The van der Waals surface area contributed by atoms with Crippen LogP contribution in [0, 0.1) is 11.3 Å². The van der Waals surface area contributed by atoms with Crippen LogP contribution >= 0.6 is 11.3 Å². The summed E-state index contributed by atoms with van der Waals surface area (Å²) in [5.41, 5.74) is 0.879. The molecule has 3 nitrogen and oxygen atoms in total.